The van der Waals surface area contributed by atoms with E-state index in [1.807, 2.05) is 0 Å². The monoisotopic (exact) mass is 352 g/mol. The molecule has 0 saturated heterocycles. The van der Waals surface area contributed by atoms with Crippen molar-refractivity contribution in [2.45, 2.75) is 13.0 Å². The number of methoxy groups -OCH3 is 1. The van der Waals surface area contributed by atoms with E-state index in [-0.39, 0.29) is 0 Å². The molecule has 1 atom stereocenters. The molecule has 0 aliphatic rings. The van der Waals surface area contributed by atoms with Crippen molar-refractivity contribution >= 4 is 17.8 Å². The lowest BCUT2D eigenvalue weighted by atomic mass is 10.2. The maximum Gasteiger partial charge on any atom is 0.268 e. The zero-order chi connectivity index (χ0) is 18.4. The average molecular weight is 352 g/mol. The Hall–Kier alpha value is -3.03. The molecule has 0 radical (unpaired) electrons. The molecule has 0 spiro atoms. The van der Waals surface area contributed by atoms with Crippen LogP contribution in [-0.2, 0) is 9.63 Å². The van der Waals surface area contributed by atoms with Gasteiger partial charge in [0.2, 0.25) is 6.10 Å². The number of nitrogens with zero attached hydrogens (tertiary/aromatic N) is 1. The number of carbonyl (C=O) groups is 1. The van der Waals surface area contributed by atoms with Crippen LogP contribution in [0.15, 0.2) is 41.6 Å². The second-order valence-corrected chi connectivity index (χ2v) is 4.94. The molecule has 8 heteroatoms. The molecule has 0 aliphatic heterocycles. The van der Waals surface area contributed by atoms with Gasteiger partial charge in [-0.3, -0.25) is 4.79 Å². The summed E-state index contributed by atoms with van der Waals surface area (Å²) in [6.07, 6.45) is 0.249. The maximum absolute atomic E-state index is 13.5. The van der Waals surface area contributed by atoms with Crippen molar-refractivity contribution in [1.29, 1.82) is 0 Å². The summed E-state index contributed by atoms with van der Waals surface area (Å²) in [5.41, 5.74) is 0.136. The minimum Gasteiger partial charge on any atom is -0.496 e. The number of nitrogens with one attached hydrogen (secondary N) is 1. The Morgan fingerprint density at radius 1 is 1.16 bits per heavy atom. The quantitative estimate of drug-likeness (QED) is 0.492. The topological polar surface area (TPSA) is 59.9 Å². The lowest BCUT2D eigenvalue weighted by Crippen LogP contribution is -2.27. The Kier molecular flexibility index (Phi) is 5.99. The fourth-order valence-corrected chi connectivity index (χ4v) is 1.86. The van der Waals surface area contributed by atoms with Gasteiger partial charge in [0.15, 0.2) is 17.5 Å². The molecule has 132 valence electrons. The zero-order valence-corrected chi connectivity index (χ0v) is 13.4. The molecule has 2 aromatic carbocycles. The van der Waals surface area contributed by atoms with Gasteiger partial charge in [-0.05, 0) is 31.2 Å². The van der Waals surface area contributed by atoms with Crippen LogP contribution in [0, 0.1) is 17.5 Å². The normalized spacial score (nSPS) is 12.0. The van der Waals surface area contributed by atoms with E-state index in [0.717, 1.165) is 6.07 Å². The molecule has 1 N–H and O–H groups in total. The van der Waals surface area contributed by atoms with Gasteiger partial charge in [-0.1, -0.05) is 17.3 Å². The molecule has 2 aromatic rings. The predicted molar refractivity (Wildman–Crippen MR) is 86.1 cm³/mol. The van der Waals surface area contributed by atoms with E-state index >= 15 is 0 Å². The molecule has 0 heterocycles. The largest absolute Gasteiger partial charge is 0.496 e. The molecular weight excluding hydrogens is 337 g/mol. The van der Waals surface area contributed by atoms with Gasteiger partial charge in [-0.2, -0.15) is 0 Å². The second kappa shape index (κ2) is 8.18. The summed E-state index contributed by atoms with van der Waals surface area (Å²) in [6.45, 7) is 1.37. The highest BCUT2D eigenvalue weighted by Crippen LogP contribution is 2.20. The standard InChI is InChI=1S/C17H15F3N2O3/c1-10(25-21-9-11-5-3-4-6-14(11)24-2)17(23)22-13-8-7-12(18)15(19)16(13)20/h3-10H,1-2H3,(H,22,23)/b21-9-/t10-/m1/s1. The van der Waals surface area contributed by atoms with Crippen LogP contribution in [0.5, 0.6) is 5.75 Å². The van der Waals surface area contributed by atoms with Gasteiger partial charge < -0.3 is 14.9 Å². The summed E-state index contributed by atoms with van der Waals surface area (Å²) in [7, 11) is 1.50. The lowest BCUT2D eigenvalue weighted by molar-refractivity contribution is -0.126. The number of para-hydroxylation sites is 1. The molecule has 2 rings (SSSR count). The van der Waals surface area contributed by atoms with Crippen molar-refractivity contribution in [3.05, 3.63) is 59.4 Å². The highest BCUT2D eigenvalue weighted by molar-refractivity contribution is 5.94. The van der Waals surface area contributed by atoms with Crippen LogP contribution < -0.4 is 10.1 Å². The van der Waals surface area contributed by atoms with Gasteiger partial charge >= 0.3 is 0 Å². The van der Waals surface area contributed by atoms with Gasteiger partial charge in [-0.25, -0.2) is 13.2 Å². The van der Waals surface area contributed by atoms with Gasteiger partial charge in [0.1, 0.15) is 5.75 Å². The van der Waals surface area contributed by atoms with E-state index in [0.29, 0.717) is 17.4 Å². The molecule has 0 bridgehead atoms. The number of halogens is 3. The molecular formula is C17H15F3N2O3. The van der Waals surface area contributed by atoms with Gasteiger partial charge in [0, 0.05) is 5.56 Å². The van der Waals surface area contributed by atoms with E-state index in [2.05, 4.69) is 10.5 Å². The van der Waals surface area contributed by atoms with Crippen LogP contribution in [-0.4, -0.2) is 25.3 Å². The number of anilines is 1. The van der Waals surface area contributed by atoms with Crippen molar-refractivity contribution in [1.82, 2.24) is 0 Å². The second-order valence-electron chi connectivity index (χ2n) is 4.94. The van der Waals surface area contributed by atoms with Gasteiger partial charge in [-0.15, -0.1) is 0 Å². The highest BCUT2D eigenvalue weighted by atomic mass is 19.2. The van der Waals surface area contributed by atoms with Crippen LogP contribution in [0.3, 0.4) is 0 Å². The van der Waals surface area contributed by atoms with Crippen molar-refractivity contribution in [3.63, 3.8) is 0 Å². The number of amides is 1. The molecule has 0 aromatic heterocycles. The summed E-state index contributed by atoms with van der Waals surface area (Å²) >= 11 is 0. The number of benzene rings is 2. The number of carbonyl (C=O) groups excluding carboxylic acids is 1. The van der Waals surface area contributed by atoms with Crippen molar-refractivity contribution in [3.8, 4) is 5.75 Å². The van der Waals surface area contributed by atoms with Crippen molar-refractivity contribution in [2.75, 3.05) is 12.4 Å². The number of ether oxygens (including phenoxy) is 1. The van der Waals surface area contributed by atoms with E-state index in [1.165, 1.54) is 20.2 Å². The van der Waals surface area contributed by atoms with Crippen LogP contribution in [0.25, 0.3) is 0 Å². The number of rotatable bonds is 6. The molecule has 1 amide bonds. The third-order valence-electron chi connectivity index (χ3n) is 3.21. The van der Waals surface area contributed by atoms with Crippen LogP contribution in [0.2, 0.25) is 0 Å². The van der Waals surface area contributed by atoms with Crippen molar-refractivity contribution in [2.24, 2.45) is 5.16 Å². The average Bonchev–Trinajstić information content (AvgIpc) is 2.62. The number of oxime groups is 1. The Morgan fingerprint density at radius 3 is 2.60 bits per heavy atom. The van der Waals surface area contributed by atoms with Gasteiger partial charge in [0.25, 0.3) is 5.91 Å². The van der Waals surface area contributed by atoms with Gasteiger partial charge in [0.05, 0.1) is 19.0 Å². The summed E-state index contributed by atoms with van der Waals surface area (Å²) in [4.78, 5) is 16.9. The summed E-state index contributed by atoms with van der Waals surface area (Å²) in [6, 6.07) is 8.63. The lowest BCUT2D eigenvalue weighted by Gasteiger charge is -2.11. The summed E-state index contributed by atoms with van der Waals surface area (Å²) < 4.78 is 44.7. The maximum atomic E-state index is 13.5. The van der Waals surface area contributed by atoms with E-state index in [4.69, 9.17) is 9.57 Å². The first-order chi connectivity index (χ1) is 11.9. The zero-order valence-electron chi connectivity index (χ0n) is 13.4. The molecule has 0 aliphatic carbocycles. The molecule has 0 saturated carbocycles. The molecule has 0 unspecified atom stereocenters. The first-order valence-corrected chi connectivity index (χ1v) is 7.20. The molecule has 0 fully saturated rings. The smallest absolute Gasteiger partial charge is 0.268 e. The Balaban J connectivity index is 1.99. The fraction of sp³-hybridized carbons (Fsp3) is 0.176. The molecule has 5 nitrogen and oxygen atoms in total. The Labute approximate surface area is 142 Å². The SMILES string of the molecule is COc1ccccc1/C=N\O[C@H](C)C(=O)Nc1ccc(F)c(F)c1F. The molecule has 25 heavy (non-hydrogen) atoms. The predicted octanol–water partition coefficient (Wildman–Crippen LogP) is 3.49. The van der Waals surface area contributed by atoms with Crippen LogP contribution in [0.4, 0.5) is 18.9 Å². The summed E-state index contributed by atoms with van der Waals surface area (Å²) in [5, 5.41) is 5.78. The minimum atomic E-state index is -1.67. The van der Waals surface area contributed by atoms with Crippen LogP contribution >= 0.6 is 0 Å². The first-order valence-electron chi connectivity index (χ1n) is 7.20. The number of hydrogen-bond acceptors (Lipinski definition) is 4. The first kappa shape index (κ1) is 18.3. The van der Waals surface area contributed by atoms with E-state index < -0.39 is 35.2 Å². The Bertz CT molecular complexity index is 797. The summed E-state index contributed by atoms with van der Waals surface area (Å²) in [5.74, 6) is -4.71. The van der Waals surface area contributed by atoms with Crippen molar-refractivity contribution < 1.29 is 27.5 Å². The van der Waals surface area contributed by atoms with Crippen LogP contribution in [0.1, 0.15) is 12.5 Å². The highest BCUT2D eigenvalue weighted by Gasteiger charge is 2.19. The van der Waals surface area contributed by atoms with E-state index in [1.54, 1.807) is 24.3 Å². The minimum absolute atomic E-state index is 0.493. The third-order valence-corrected chi connectivity index (χ3v) is 3.21. The Morgan fingerprint density at radius 2 is 1.88 bits per heavy atom. The fourth-order valence-electron chi connectivity index (χ4n) is 1.86. The van der Waals surface area contributed by atoms with E-state index in [9.17, 15) is 18.0 Å². The third kappa shape index (κ3) is 4.50. The number of hydrogen-bond donors (Lipinski definition) is 1.